The maximum atomic E-state index is 13.0. The number of fused-ring (bicyclic) bond motifs is 3. The van der Waals surface area contributed by atoms with Crippen LogP contribution < -0.4 is 15.0 Å². The highest BCUT2D eigenvalue weighted by Gasteiger charge is 2.24. The first-order chi connectivity index (χ1) is 15.1. The third-order valence-corrected chi connectivity index (χ3v) is 5.99. The van der Waals surface area contributed by atoms with Gasteiger partial charge in [-0.25, -0.2) is 9.97 Å². The summed E-state index contributed by atoms with van der Waals surface area (Å²) >= 11 is 3.46. The van der Waals surface area contributed by atoms with E-state index < -0.39 is 0 Å². The molecule has 1 saturated heterocycles. The Morgan fingerprint density at radius 1 is 1.19 bits per heavy atom. The van der Waals surface area contributed by atoms with Crippen molar-refractivity contribution < 1.29 is 13.9 Å². The second-order valence-electron chi connectivity index (χ2n) is 7.48. The van der Waals surface area contributed by atoms with Crippen LogP contribution in [0.3, 0.4) is 0 Å². The van der Waals surface area contributed by atoms with Crippen LogP contribution in [0.2, 0.25) is 0 Å². The highest BCUT2D eigenvalue weighted by molar-refractivity contribution is 9.10. The average Bonchev–Trinajstić information content (AvgIpc) is 3.45. The molecule has 0 spiro atoms. The lowest BCUT2D eigenvalue weighted by Gasteiger charge is -2.17. The largest absolute Gasteiger partial charge is 0.496 e. The van der Waals surface area contributed by atoms with Crippen molar-refractivity contribution in [2.75, 3.05) is 25.1 Å². The van der Waals surface area contributed by atoms with Gasteiger partial charge in [0.2, 0.25) is 5.82 Å². The summed E-state index contributed by atoms with van der Waals surface area (Å²) in [6.07, 6.45) is 2.19. The lowest BCUT2D eigenvalue weighted by atomic mass is 10.2. The zero-order valence-electron chi connectivity index (χ0n) is 17.0. The summed E-state index contributed by atoms with van der Waals surface area (Å²) in [7, 11) is 1.61. The van der Waals surface area contributed by atoms with Gasteiger partial charge in [-0.15, -0.1) is 0 Å². The zero-order valence-corrected chi connectivity index (χ0v) is 18.6. The molecule has 31 heavy (non-hydrogen) atoms. The first-order valence-electron chi connectivity index (χ1n) is 10.2. The number of benzene rings is 2. The fraction of sp³-hybridized carbons (Fsp3) is 0.261. The molecule has 0 bridgehead atoms. The van der Waals surface area contributed by atoms with Gasteiger partial charge in [-0.3, -0.25) is 4.79 Å². The summed E-state index contributed by atoms with van der Waals surface area (Å²) < 4.78 is 12.4. The van der Waals surface area contributed by atoms with Crippen LogP contribution in [0.1, 0.15) is 29.0 Å². The second-order valence-corrected chi connectivity index (χ2v) is 8.40. The Morgan fingerprint density at radius 3 is 2.81 bits per heavy atom. The van der Waals surface area contributed by atoms with Gasteiger partial charge in [0.15, 0.2) is 11.4 Å². The minimum Gasteiger partial charge on any atom is -0.496 e. The highest BCUT2D eigenvalue weighted by Crippen LogP contribution is 2.34. The number of aromatic nitrogens is 2. The molecular weight excluding hydrogens is 460 g/mol. The SMILES string of the molecule is COc1ccc(Br)cc1CNC(=O)c1nc(N2CCCC2)c2oc3ccccc3c2n1. The third kappa shape index (κ3) is 3.72. The molecule has 1 fully saturated rings. The molecule has 5 rings (SSSR count). The lowest BCUT2D eigenvalue weighted by Crippen LogP contribution is -2.27. The zero-order chi connectivity index (χ0) is 21.4. The molecule has 1 N–H and O–H groups in total. The molecule has 0 atom stereocenters. The summed E-state index contributed by atoms with van der Waals surface area (Å²) in [5.41, 5.74) is 2.90. The molecule has 1 aliphatic heterocycles. The average molecular weight is 481 g/mol. The van der Waals surface area contributed by atoms with Crippen molar-refractivity contribution in [1.29, 1.82) is 0 Å². The van der Waals surface area contributed by atoms with Crippen LogP contribution in [-0.4, -0.2) is 36.1 Å². The molecule has 2 aromatic carbocycles. The van der Waals surface area contributed by atoms with E-state index in [0.29, 0.717) is 29.2 Å². The number of furan rings is 1. The van der Waals surface area contributed by atoms with Gasteiger partial charge in [-0.05, 0) is 43.2 Å². The van der Waals surface area contributed by atoms with E-state index in [1.54, 1.807) is 7.11 Å². The van der Waals surface area contributed by atoms with Crippen molar-refractivity contribution in [3.05, 3.63) is 58.3 Å². The number of halogens is 1. The van der Waals surface area contributed by atoms with E-state index in [0.717, 1.165) is 46.9 Å². The van der Waals surface area contributed by atoms with Crippen LogP contribution in [0, 0.1) is 0 Å². The molecule has 7 nitrogen and oxygen atoms in total. The van der Waals surface area contributed by atoms with Crippen LogP contribution in [-0.2, 0) is 6.54 Å². The number of nitrogens with zero attached hydrogens (tertiary/aromatic N) is 3. The number of nitrogens with one attached hydrogen (secondary N) is 1. The molecule has 0 saturated carbocycles. The topological polar surface area (TPSA) is 80.5 Å². The highest BCUT2D eigenvalue weighted by atomic mass is 79.9. The van der Waals surface area contributed by atoms with Gasteiger partial charge in [0.25, 0.3) is 5.91 Å². The van der Waals surface area contributed by atoms with Gasteiger partial charge >= 0.3 is 0 Å². The smallest absolute Gasteiger partial charge is 0.289 e. The Bertz CT molecular complexity index is 1280. The molecule has 0 radical (unpaired) electrons. The first kappa shape index (κ1) is 19.8. The van der Waals surface area contributed by atoms with Crippen molar-refractivity contribution in [1.82, 2.24) is 15.3 Å². The van der Waals surface area contributed by atoms with Gasteiger partial charge in [-0.1, -0.05) is 28.1 Å². The number of carbonyl (C=O) groups is 1. The van der Waals surface area contributed by atoms with Gasteiger partial charge in [0.05, 0.1) is 7.11 Å². The van der Waals surface area contributed by atoms with Crippen molar-refractivity contribution in [2.24, 2.45) is 0 Å². The molecule has 4 aromatic rings. The number of carbonyl (C=O) groups excluding carboxylic acids is 1. The van der Waals surface area contributed by atoms with E-state index in [-0.39, 0.29) is 11.7 Å². The maximum absolute atomic E-state index is 13.0. The van der Waals surface area contributed by atoms with Gasteiger partial charge < -0.3 is 19.4 Å². The molecule has 3 heterocycles. The summed E-state index contributed by atoms with van der Waals surface area (Å²) in [6.45, 7) is 2.08. The number of ether oxygens (including phenoxy) is 1. The van der Waals surface area contributed by atoms with E-state index in [4.69, 9.17) is 9.15 Å². The number of hydrogen-bond acceptors (Lipinski definition) is 6. The van der Waals surface area contributed by atoms with Crippen molar-refractivity contribution >= 4 is 49.7 Å². The molecular formula is C23H21BrN4O3. The summed E-state index contributed by atoms with van der Waals surface area (Å²) in [6, 6.07) is 13.4. The van der Waals surface area contributed by atoms with Crippen LogP contribution >= 0.6 is 15.9 Å². The van der Waals surface area contributed by atoms with Gasteiger partial charge in [-0.2, -0.15) is 0 Å². The van der Waals surface area contributed by atoms with E-state index in [2.05, 4.69) is 36.1 Å². The number of rotatable bonds is 5. The molecule has 1 amide bonds. The summed E-state index contributed by atoms with van der Waals surface area (Å²) in [4.78, 5) is 24.4. The normalized spacial score (nSPS) is 13.8. The molecule has 8 heteroatoms. The molecule has 2 aromatic heterocycles. The minimum atomic E-state index is -0.338. The molecule has 0 unspecified atom stereocenters. The fourth-order valence-electron chi connectivity index (χ4n) is 3.96. The standard InChI is InChI=1S/C23H21BrN4O3/c1-30-17-9-8-15(24)12-14(17)13-25-23(29)21-26-19-16-6-2-3-7-18(16)31-20(19)22(27-21)28-10-4-5-11-28/h2-3,6-9,12H,4-5,10-11,13H2,1H3,(H,25,29). The van der Waals surface area contributed by atoms with Crippen molar-refractivity contribution in [3.8, 4) is 5.75 Å². The van der Waals surface area contributed by atoms with Crippen LogP contribution in [0.25, 0.3) is 22.1 Å². The fourth-order valence-corrected chi connectivity index (χ4v) is 4.37. The van der Waals surface area contributed by atoms with Crippen molar-refractivity contribution in [2.45, 2.75) is 19.4 Å². The Morgan fingerprint density at radius 2 is 2.00 bits per heavy atom. The Labute approximate surface area is 187 Å². The lowest BCUT2D eigenvalue weighted by molar-refractivity contribution is 0.0940. The summed E-state index contributed by atoms with van der Waals surface area (Å²) in [5, 5.41) is 3.80. The predicted octanol–water partition coefficient (Wildman–Crippen LogP) is 4.68. The predicted molar refractivity (Wildman–Crippen MR) is 123 cm³/mol. The van der Waals surface area contributed by atoms with E-state index in [1.165, 1.54) is 0 Å². The Kier molecular flexibility index (Phi) is 5.23. The number of anilines is 1. The number of methoxy groups -OCH3 is 1. The van der Waals surface area contributed by atoms with E-state index >= 15 is 0 Å². The monoisotopic (exact) mass is 480 g/mol. The van der Waals surface area contributed by atoms with Crippen molar-refractivity contribution in [3.63, 3.8) is 0 Å². The second kappa shape index (κ2) is 8.19. The number of para-hydroxylation sites is 1. The number of amides is 1. The van der Waals surface area contributed by atoms with E-state index in [1.807, 2.05) is 42.5 Å². The third-order valence-electron chi connectivity index (χ3n) is 5.49. The quantitative estimate of drug-likeness (QED) is 0.446. The Hall–Kier alpha value is -3.13. The first-order valence-corrected chi connectivity index (χ1v) is 11.0. The van der Waals surface area contributed by atoms with Crippen LogP contribution in [0.15, 0.2) is 51.4 Å². The molecule has 0 aliphatic carbocycles. The van der Waals surface area contributed by atoms with Crippen LogP contribution in [0.4, 0.5) is 5.82 Å². The van der Waals surface area contributed by atoms with Gasteiger partial charge in [0, 0.05) is 35.1 Å². The number of hydrogen-bond donors (Lipinski definition) is 1. The van der Waals surface area contributed by atoms with Gasteiger partial charge in [0.1, 0.15) is 16.8 Å². The molecule has 1 aliphatic rings. The minimum absolute atomic E-state index is 0.134. The molecule has 158 valence electrons. The van der Waals surface area contributed by atoms with Crippen LogP contribution in [0.5, 0.6) is 5.75 Å². The van der Waals surface area contributed by atoms with E-state index in [9.17, 15) is 4.79 Å². The Balaban J connectivity index is 1.52. The maximum Gasteiger partial charge on any atom is 0.289 e. The summed E-state index contributed by atoms with van der Waals surface area (Å²) in [5.74, 6) is 1.19.